The lowest BCUT2D eigenvalue weighted by molar-refractivity contribution is 0.135. The third-order valence-electron chi connectivity index (χ3n) is 5.31. The minimum absolute atomic E-state index is 0.178. The highest BCUT2D eigenvalue weighted by atomic mass is 28.4. The summed E-state index contributed by atoms with van der Waals surface area (Å²) in [4.78, 5) is 0. The second kappa shape index (κ2) is 7.75. The highest BCUT2D eigenvalue weighted by Gasteiger charge is 2.54. The number of hydrogen-bond donors (Lipinski definition) is 0. The van der Waals surface area contributed by atoms with Gasteiger partial charge in [0.2, 0.25) is 0 Å². The summed E-state index contributed by atoms with van der Waals surface area (Å²) in [5.74, 6) is 0. The topological polar surface area (TPSA) is 33.0 Å². The van der Waals surface area contributed by atoms with Crippen molar-refractivity contribution in [2.24, 2.45) is 0 Å². The predicted molar refractivity (Wildman–Crippen MR) is 118 cm³/mol. The Labute approximate surface area is 169 Å². The van der Waals surface area contributed by atoms with Crippen LogP contribution >= 0.6 is 0 Å². The molecule has 0 heterocycles. The number of nitrogens with zero attached hydrogens (tertiary/aromatic N) is 1. The quantitative estimate of drug-likeness (QED) is 0.579. The van der Waals surface area contributed by atoms with Gasteiger partial charge in [-0.2, -0.15) is 5.26 Å². The first-order chi connectivity index (χ1) is 13.3. The van der Waals surface area contributed by atoms with Crippen LogP contribution in [0.4, 0.5) is 0 Å². The number of nitriles is 1. The molecule has 0 amide bonds. The summed E-state index contributed by atoms with van der Waals surface area (Å²) in [5, 5.41) is 12.4. The van der Waals surface area contributed by atoms with Crippen molar-refractivity contribution in [3.63, 3.8) is 0 Å². The molecule has 1 unspecified atom stereocenters. The van der Waals surface area contributed by atoms with Crippen molar-refractivity contribution in [1.82, 2.24) is 0 Å². The molecule has 0 spiro atoms. The molecule has 0 saturated carbocycles. The van der Waals surface area contributed by atoms with Crippen molar-refractivity contribution in [2.75, 3.05) is 0 Å². The molecule has 0 N–H and O–H groups in total. The fraction of sp³-hybridized carbons (Fsp3) is 0.240. The molecule has 28 heavy (non-hydrogen) atoms. The van der Waals surface area contributed by atoms with Gasteiger partial charge in [-0.05, 0) is 27.9 Å². The summed E-state index contributed by atoms with van der Waals surface area (Å²) < 4.78 is 7.08. The van der Waals surface area contributed by atoms with E-state index in [2.05, 4.69) is 75.4 Å². The van der Waals surface area contributed by atoms with Gasteiger partial charge in [0.1, 0.15) is 6.07 Å². The lowest BCUT2D eigenvalue weighted by Gasteiger charge is -2.46. The van der Waals surface area contributed by atoms with Crippen LogP contribution < -0.4 is 10.4 Å². The molecule has 3 aromatic rings. The van der Waals surface area contributed by atoms with E-state index in [4.69, 9.17) is 4.43 Å². The van der Waals surface area contributed by atoms with Gasteiger partial charge in [-0.3, -0.25) is 0 Å². The first-order valence-electron chi connectivity index (χ1n) is 9.61. The van der Waals surface area contributed by atoms with E-state index in [1.807, 2.05) is 49.4 Å². The molecule has 142 valence electrons. The zero-order chi connectivity index (χ0) is 20.3. The van der Waals surface area contributed by atoms with E-state index >= 15 is 0 Å². The van der Waals surface area contributed by atoms with Gasteiger partial charge in [-0.15, -0.1) is 0 Å². The Hall–Kier alpha value is -2.67. The molecule has 3 aromatic carbocycles. The van der Waals surface area contributed by atoms with Crippen molar-refractivity contribution < 1.29 is 4.43 Å². The summed E-state index contributed by atoms with van der Waals surface area (Å²) in [6.45, 7) is 8.56. The van der Waals surface area contributed by atoms with Crippen LogP contribution in [0.3, 0.4) is 0 Å². The molecule has 0 aliphatic heterocycles. The Morgan fingerprint density at radius 1 is 0.679 bits per heavy atom. The van der Waals surface area contributed by atoms with E-state index in [0.29, 0.717) is 0 Å². The molecule has 0 bridgehead atoms. The Morgan fingerprint density at radius 2 is 1.07 bits per heavy atom. The highest BCUT2D eigenvalue weighted by molar-refractivity contribution is 6.99. The monoisotopic (exact) mass is 385 g/mol. The fourth-order valence-corrected chi connectivity index (χ4v) is 8.56. The molecule has 0 aromatic heterocycles. The zero-order valence-corrected chi connectivity index (χ0v) is 18.0. The Bertz CT molecular complexity index is 903. The van der Waals surface area contributed by atoms with Crippen LogP contribution in [-0.2, 0) is 10.0 Å². The summed E-state index contributed by atoms with van der Waals surface area (Å²) >= 11 is 0. The van der Waals surface area contributed by atoms with Crippen LogP contribution in [-0.4, -0.2) is 8.32 Å². The second-order valence-corrected chi connectivity index (χ2v) is 12.5. The minimum atomic E-state index is -2.81. The van der Waals surface area contributed by atoms with Crippen molar-refractivity contribution in [3.8, 4) is 6.07 Å². The maximum absolute atomic E-state index is 10.2. The maximum Gasteiger partial charge on any atom is 0.263 e. The van der Waals surface area contributed by atoms with Gasteiger partial charge in [0.15, 0.2) is 5.60 Å². The molecule has 1 atom stereocenters. The highest BCUT2D eigenvalue weighted by Crippen LogP contribution is 2.41. The van der Waals surface area contributed by atoms with Gasteiger partial charge < -0.3 is 4.43 Å². The zero-order valence-electron chi connectivity index (χ0n) is 17.0. The van der Waals surface area contributed by atoms with Gasteiger partial charge in [-0.1, -0.05) is 112 Å². The van der Waals surface area contributed by atoms with Crippen LogP contribution in [0.15, 0.2) is 91.0 Å². The minimum Gasteiger partial charge on any atom is -0.386 e. The number of hydrogen-bond acceptors (Lipinski definition) is 2. The average molecular weight is 386 g/mol. The van der Waals surface area contributed by atoms with Crippen LogP contribution in [0.25, 0.3) is 0 Å². The molecule has 0 aliphatic rings. The smallest absolute Gasteiger partial charge is 0.263 e. The van der Waals surface area contributed by atoms with Gasteiger partial charge in [0.05, 0.1) is 0 Å². The molecule has 0 aliphatic carbocycles. The van der Waals surface area contributed by atoms with Crippen LogP contribution in [0.5, 0.6) is 0 Å². The lowest BCUT2D eigenvalue weighted by atomic mass is 9.98. The average Bonchev–Trinajstić information content (AvgIpc) is 2.73. The van der Waals surface area contributed by atoms with Crippen molar-refractivity contribution >= 4 is 18.7 Å². The molecule has 3 rings (SSSR count). The van der Waals surface area contributed by atoms with Gasteiger partial charge in [0, 0.05) is 0 Å². The first-order valence-corrected chi connectivity index (χ1v) is 11.5. The third kappa shape index (κ3) is 3.54. The van der Waals surface area contributed by atoms with Crippen molar-refractivity contribution in [3.05, 3.63) is 96.6 Å². The van der Waals surface area contributed by atoms with Crippen molar-refractivity contribution in [2.45, 2.75) is 38.3 Å². The van der Waals surface area contributed by atoms with E-state index in [1.54, 1.807) is 0 Å². The van der Waals surface area contributed by atoms with Crippen LogP contribution in [0.2, 0.25) is 5.04 Å². The SMILES string of the molecule is CC(C#N)(O[Si](c1ccccc1)(c1ccccc1)C(C)(C)C)c1ccccc1. The maximum atomic E-state index is 10.2. The Balaban J connectivity index is 2.29. The largest absolute Gasteiger partial charge is 0.386 e. The standard InChI is InChI=1S/C25H27NOSi/c1-24(2,3)28(22-16-10-6-11-17-22,23-18-12-7-13-19-23)27-25(4,20-26)21-14-8-5-9-15-21/h5-19H,1-4H3. The molecular formula is C25H27NOSi. The van der Waals surface area contributed by atoms with Crippen molar-refractivity contribution in [1.29, 1.82) is 5.26 Å². The third-order valence-corrected chi connectivity index (χ3v) is 10.4. The number of rotatable bonds is 5. The lowest BCUT2D eigenvalue weighted by Crippen LogP contribution is -2.68. The van der Waals surface area contributed by atoms with Crippen LogP contribution in [0, 0.1) is 11.3 Å². The molecular weight excluding hydrogens is 358 g/mol. The summed E-state index contributed by atoms with van der Waals surface area (Å²) in [6.07, 6.45) is 0. The molecule has 0 fully saturated rings. The molecule has 0 saturated heterocycles. The summed E-state index contributed by atoms with van der Waals surface area (Å²) in [5.41, 5.74) is -0.169. The fourth-order valence-electron chi connectivity index (χ4n) is 3.86. The Morgan fingerprint density at radius 3 is 1.43 bits per heavy atom. The predicted octanol–water partition coefficient (Wildman–Crippen LogP) is 5.00. The first kappa shape index (κ1) is 20.1. The summed E-state index contributed by atoms with van der Waals surface area (Å²) in [7, 11) is -2.81. The number of benzene rings is 3. The molecule has 3 heteroatoms. The molecule has 2 nitrogen and oxygen atoms in total. The second-order valence-electron chi connectivity index (χ2n) is 8.28. The van der Waals surface area contributed by atoms with Gasteiger partial charge in [0.25, 0.3) is 8.32 Å². The van der Waals surface area contributed by atoms with E-state index in [-0.39, 0.29) is 5.04 Å². The molecule has 0 radical (unpaired) electrons. The van der Waals surface area contributed by atoms with E-state index < -0.39 is 13.9 Å². The van der Waals surface area contributed by atoms with E-state index in [1.165, 1.54) is 10.4 Å². The van der Waals surface area contributed by atoms with E-state index in [0.717, 1.165) is 5.56 Å². The van der Waals surface area contributed by atoms with Gasteiger partial charge >= 0.3 is 0 Å². The Kier molecular flexibility index (Phi) is 5.56. The normalized spacial score (nSPS) is 14.1. The summed E-state index contributed by atoms with van der Waals surface area (Å²) in [6, 6.07) is 33.2. The van der Waals surface area contributed by atoms with Gasteiger partial charge in [-0.25, -0.2) is 0 Å². The van der Waals surface area contributed by atoms with Crippen LogP contribution in [0.1, 0.15) is 33.3 Å². The van der Waals surface area contributed by atoms with E-state index in [9.17, 15) is 5.26 Å².